The quantitative estimate of drug-likeness (QED) is 0.684. The maximum Gasteiger partial charge on any atom is 0.0918 e. The molecule has 1 heterocycles. The summed E-state index contributed by atoms with van der Waals surface area (Å²) in [7, 11) is 0. The molecule has 68 valence electrons. The summed E-state index contributed by atoms with van der Waals surface area (Å²) in [6, 6.07) is 9.39. The minimum atomic E-state index is -0.334. The smallest absolute Gasteiger partial charge is 0.0918 e. The van der Waals surface area contributed by atoms with E-state index in [2.05, 4.69) is 10.9 Å². The first-order chi connectivity index (χ1) is 6.81. The van der Waals surface area contributed by atoms with Crippen molar-refractivity contribution in [2.24, 2.45) is 5.73 Å². The van der Waals surface area contributed by atoms with Crippen molar-refractivity contribution in [1.29, 1.82) is 0 Å². The molecule has 0 aliphatic carbocycles. The Morgan fingerprint density at radius 3 is 3.00 bits per heavy atom. The number of fused-ring (bicyclic) bond motifs is 1. The maximum atomic E-state index is 5.73. The number of rotatable bonds is 1. The Labute approximate surface area is 82.8 Å². The van der Waals surface area contributed by atoms with Crippen LogP contribution in [0.2, 0.25) is 0 Å². The molecule has 0 bridgehead atoms. The van der Waals surface area contributed by atoms with Crippen LogP contribution in [0.1, 0.15) is 11.6 Å². The molecule has 2 rings (SSSR count). The van der Waals surface area contributed by atoms with Gasteiger partial charge >= 0.3 is 0 Å². The zero-order chi connectivity index (χ0) is 9.97. The number of aromatic nitrogens is 1. The van der Waals surface area contributed by atoms with Crippen LogP contribution in [-0.2, 0) is 0 Å². The lowest BCUT2D eigenvalue weighted by Crippen LogP contribution is -2.06. The summed E-state index contributed by atoms with van der Waals surface area (Å²) in [6.45, 7) is 0. The zero-order valence-corrected chi connectivity index (χ0v) is 7.64. The van der Waals surface area contributed by atoms with Crippen LogP contribution in [0.3, 0.4) is 0 Å². The highest BCUT2D eigenvalue weighted by Gasteiger charge is 2.02. The number of terminal acetylenes is 1. The van der Waals surface area contributed by atoms with Crippen LogP contribution in [0.5, 0.6) is 0 Å². The van der Waals surface area contributed by atoms with E-state index in [1.807, 2.05) is 30.3 Å². The van der Waals surface area contributed by atoms with Gasteiger partial charge in [-0.2, -0.15) is 0 Å². The number of hydrogen-bond donors (Lipinski definition) is 1. The average molecular weight is 182 g/mol. The lowest BCUT2D eigenvalue weighted by atomic mass is 10.1. The lowest BCUT2D eigenvalue weighted by molar-refractivity contribution is 0.949. The predicted octanol–water partition coefficient (Wildman–Crippen LogP) is 1.87. The lowest BCUT2D eigenvalue weighted by Gasteiger charge is -2.05. The Bertz CT molecular complexity index is 497. The van der Waals surface area contributed by atoms with Crippen molar-refractivity contribution < 1.29 is 0 Å². The molecule has 0 saturated heterocycles. The third-order valence-corrected chi connectivity index (χ3v) is 2.17. The molecule has 2 nitrogen and oxygen atoms in total. The fraction of sp³-hybridized carbons (Fsp3) is 0.0833. The topological polar surface area (TPSA) is 38.9 Å². The van der Waals surface area contributed by atoms with Crippen LogP contribution < -0.4 is 5.73 Å². The van der Waals surface area contributed by atoms with Crippen molar-refractivity contribution in [2.75, 3.05) is 0 Å². The highest BCUT2D eigenvalue weighted by Crippen LogP contribution is 2.16. The molecule has 0 aliphatic heterocycles. The van der Waals surface area contributed by atoms with Gasteiger partial charge in [0.1, 0.15) is 0 Å². The standard InChI is InChI=1S/C12H10N2/c1-2-11(13)9-5-6-12-10(8-9)4-3-7-14-12/h1,3-8,11H,13H2. The van der Waals surface area contributed by atoms with Crippen molar-refractivity contribution >= 4 is 10.9 Å². The first-order valence-electron chi connectivity index (χ1n) is 4.37. The summed E-state index contributed by atoms with van der Waals surface area (Å²) in [4.78, 5) is 4.22. The summed E-state index contributed by atoms with van der Waals surface area (Å²) in [5, 5.41) is 1.07. The van der Waals surface area contributed by atoms with Crippen LogP contribution in [0.25, 0.3) is 10.9 Å². The Balaban J connectivity index is 2.58. The van der Waals surface area contributed by atoms with E-state index in [1.54, 1.807) is 6.20 Å². The van der Waals surface area contributed by atoms with Crippen molar-refractivity contribution in [3.63, 3.8) is 0 Å². The second-order valence-electron chi connectivity index (χ2n) is 3.10. The molecular weight excluding hydrogens is 172 g/mol. The monoisotopic (exact) mass is 182 g/mol. The highest BCUT2D eigenvalue weighted by atomic mass is 14.6. The van der Waals surface area contributed by atoms with Gasteiger partial charge in [-0.05, 0) is 23.8 Å². The van der Waals surface area contributed by atoms with Crippen LogP contribution in [0.15, 0.2) is 36.5 Å². The zero-order valence-electron chi connectivity index (χ0n) is 7.64. The first-order valence-corrected chi connectivity index (χ1v) is 4.37. The molecule has 14 heavy (non-hydrogen) atoms. The molecule has 1 unspecified atom stereocenters. The molecule has 0 fully saturated rings. The summed E-state index contributed by atoms with van der Waals surface area (Å²) >= 11 is 0. The third-order valence-electron chi connectivity index (χ3n) is 2.17. The fourth-order valence-electron chi connectivity index (χ4n) is 1.38. The Hall–Kier alpha value is -1.85. The van der Waals surface area contributed by atoms with E-state index in [0.717, 1.165) is 16.5 Å². The van der Waals surface area contributed by atoms with Gasteiger partial charge in [-0.25, -0.2) is 0 Å². The van der Waals surface area contributed by atoms with Gasteiger partial charge in [-0.15, -0.1) is 6.42 Å². The molecule has 1 aromatic carbocycles. The van der Waals surface area contributed by atoms with E-state index in [0.29, 0.717) is 0 Å². The predicted molar refractivity (Wildman–Crippen MR) is 57.5 cm³/mol. The fourth-order valence-corrected chi connectivity index (χ4v) is 1.38. The van der Waals surface area contributed by atoms with Gasteiger partial charge in [0.05, 0.1) is 11.6 Å². The molecule has 1 aromatic heterocycles. The third kappa shape index (κ3) is 1.46. The molecule has 1 atom stereocenters. The number of nitrogens with zero attached hydrogens (tertiary/aromatic N) is 1. The molecule has 2 aromatic rings. The van der Waals surface area contributed by atoms with Gasteiger partial charge in [0.15, 0.2) is 0 Å². The summed E-state index contributed by atoms with van der Waals surface area (Å²) in [5.74, 6) is 2.50. The number of benzene rings is 1. The molecule has 2 N–H and O–H groups in total. The number of nitrogens with two attached hydrogens (primary N) is 1. The average Bonchev–Trinajstić information content (AvgIpc) is 2.27. The molecule has 0 radical (unpaired) electrons. The van der Waals surface area contributed by atoms with Crippen LogP contribution in [-0.4, -0.2) is 4.98 Å². The SMILES string of the molecule is C#CC(N)c1ccc2ncccc2c1. The van der Waals surface area contributed by atoms with Gasteiger partial charge in [-0.1, -0.05) is 18.1 Å². The minimum absolute atomic E-state index is 0.334. The maximum absolute atomic E-state index is 5.73. The summed E-state index contributed by atoms with van der Waals surface area (Å²) < 4.78 is 0. The Morgan fingerprint density at radius 1 is 1.36 bits per heavy atom. The molecule has 0 aliphatic rings. The van der Waals surface area contributed by atoms with Crippen LogP contribution in [0.4, 0.5) is 0 Å². The number of pyridine rings is 1. The Kier molecular flexibility index (Phi) is 2.18. The molecule has 0 amide bonds. The van der Waals surface area contributed by atoms with E-state index in [1.165, 1.54) is 0 Å². The van der Waals surface area contributed by atoms with Crippen molar-refractivity contribution in [3.05, 3.63) is 42.1 Å². The van der Waals surface area contributed by atoms with Gasteiger partial charge < -0.3 is 5.73 Å². The van der Waals surface area contributed by atoms with Crippen molar-refractivity contribution in [3.8, 4) is 12.3 Å². The minimum Gasteiger partial charge on any atom is -0.314 e. The van der Waals surface area contributed by atoms with E-state index in [4.69, 9.17) is 12.2 Å². The van der Waals surface area contributed by atoms with Gasteiger partial charge in [0, 0.05) is 11.6 Å². The van der Waals surface area contributed by atoms with Crippen LogP contribution in [0, 0.1) is 12.3 Å². The molecule has 0 spiro atoms. The van der Waals surface area contributed by atoms with E-state index < -0.39 is 0 Å². The second-order valence-corrected chi connectivity index (χ2v) is 3.10. The van der Waals surface area contributed by atoms with E-state index in [-0.39, 0.29) is 6.04 Å². The highest BCUT2D eigenvalue weighted by molar-refractivity contribution is 5.79. The summed E-state index contributed by atoms with van der Waals surface area (Å²) in [5.41, 5.74) is 7.64. The molecule has 0 saturated carbocycles. The van der Waals surface area contributed by atoms with E-state index >= 15 is 0 Å². The Morgan fingerprint density at radius 2 is 2.21 bits per heavy atom. The van der Waals surface area contributed by atoms with Crippen molar-refractivity contribution in [2.45, 2.75) is 6.04 Å². The molecular formula is C12H10N2. The number of hydrogen-bond acceptors (Lipinski definition) is 2. The van der Waals surface area contributed by atoms with Crippen molar-refractivity contribution in [1.82, 2.24) is 4.98 Å². The molecule has 2 heteroatoms. The van der Waals surface area contributed by atoms with Gasteiger partial charge in [-0.3, -0.25) is 4.98 Å². The largest absolute Gasteiger partial charge is 0.314 e. The first kappa shape index (κ1) is 8.74. The second kappa shape index (κ2) is 3.49. The van der Waals surface area contributed by atoms with Gasteiger partial charge in [0.2, 0.25) is 0 Å². The van der Waals surface area contributed by atoms with Gasteiger partial charge in [0.25, 0.3) is 0 Å². The van der Waals surface area contributed by atoms with E-state index in [9.17, 15) is 0 Å². The van der Waals surface area contributed by atoms with Crippen LogP contribution >= 0.6 is 0 Å². The normalized spacial score (nSPS) is 12.3. The summed E-state index contributed by atoms with van der Waals surface area (Å²) in [6.07, 6.45) is 7.02.